The molecule has 1 atom stereocenters. The average molecular weight is 186 g/mol. The number of rotatable bonds is 4. The van der Waals surface area contributed by atoms with E-state index in [0.29, 0.717) is 0 Å². The van der Waals surface area contributed by atoms with E-state index in [1.165, 1.54) is 0 Å². The van der Waals surface area contributed by atoms with Gasteiger partial charge in [-0.15, -0.1) is 0 Å². The van der Waals surface area contributed by atoms with E-state index >= 15 is 0 Å². The largest absolute Gasteiger partial charge is 0.392 e. The Balaban J connectivity index is 3.39. The van der Waals surface area contributed by atoms with Gasteiger partial charge in [0.25, 0.3) is 10.1 Å². The molecule has 0 saturated heterocycles. The summed E-state index contributed by atoms with van der Waals surface area (Å²) in [5.74, 6) is 0.257. The van der Waals surface area contributed by atoms with Gasteiger partial charge in [-0.25, -0.2) is 0 Å². The summed E-state index contributed by atoms with van der Waals surface area (Å²) in [5.41, 5.74) is 0. The van der Waals surface area contributed by atoms with Gasteiger partial charge in [-0.05, 0) is 6.92 Å². The fraction of sp³-hybridized carbons (Fsp3) is 1.00. The second-order valence-corrected chi connectivity index (χ2v) is 4.43. The summed E-state index contributed by atoms with van der Waals surface area (Å²) in [7, 11) is -3.37. The van der Waals surface area contributed by atoms with Crippen molar-refractivity contribution in [3.63, 3.8) is 0 Å². The van der Waals surface area contributed by atoms with Crippen LogP contribution in [0.4, 0.5) is 0 Å². The minimum Gasteiger partial charge on any atom is -0.392 e. The fourth-order valence-corrected chi connectivity index (χ4v) is 1.33. The highest BCUT2D eigenvalue weighted by molar-refractivity contribution is 8.04. The molecule has 0 aromatic heterocycles. The van der Waals surface area contributed by atoms with Crippen molar-refractivity contribution in [3.8, 4) is 0 Å². The van der Waals surface area contributed by atoms with Gasteiger partial charge in [0.2, 0.25) is 0 Å². The molecule has 0 bridgehead atoms. The minimum absolute atomic E-state index is 0.257. The monoisotopic (exact) mass is 186 g/mol. The molecule has 0 heterocycles. The lowest BCUT2D eigenvalue weighted by Gasteiger charge is -2.00. The number of aliphatic hydroxyl groups excluding tert-OH is 1. The topological polar surface area (TPSA) is 63.6 Å². The van der Waals surface area contributed by atoms with Crippen LogP contribution < -0.4 is 0 Å². The molecule has 1 N–H and O–H groups in total. The molecule has 0 aliphatic heterocycles. The van der Waals surface area contributed by atoms with Crippen molar-refractivity contribution in [2.45, 2.75) is 13.0 Å². The first-order valence-corrected chi connectivity index (χ1v) is 5.33. The van der Waals surface area contributed by atoms with E-state index in [2.05, 4.69) is 3.63 Å². The highest BCUT2D eigenvalue weighted by Crippen LogP contribution is 2.07. The molecule has 0 saturated carbocycles. The maximum Gasteiger partial charge on any atom is 0.275 e. The SMILES string of the molecule is CC(O)CSOS(C)(=O)=O. The van der Waals surface area contributed by atoms with Gasteiger partial charge >= 0.3 is 0 Å². The number of hydrogen-bond acceptors (Lipinski definition) is 5. The first kappa shape index (κ1) is 10.2. The van der Waals surface area contributed by atoms with Crippen LogP contribution in [0.1, 0.15) is 6.92 Å². The predicted octanol–water partition coefficient (Wildman–Crippen LogP) is -0.00840. The summed E-state index contributed by atoms with van der Waals surface area (Å²) in [6.45, 7) is 1.55. The molecule has 0 aromatic rings. The van der Waals surface area contributed by atoms with Gasteiger partial charge in [0.05, 0.1) is 12.4 Å². The van der Waals surface area contributed by atoms with Crippen molar-refractivity contribution in [2.75, 3.05) is 12.0 Å². The lowest BCUT2D eigenvalue weighted by atomic mass is 10.5. The highest BCUT2D eigenvalue weighted by Gasteiger charge is 2.03. The Morgan fingerprint density at radius 3 is 2.50 bits per heavy atom. The summed E-state index contributed by atoms with van der Waals surface area (Å²) in [4.78, 5) is 0. The second-order valence-electron chi connectivity index (χ2n) is 1.91. The molecule has 0 fully saturated rings. The van der Waals surface area contributed by atoms with Crippen LogP contribution in [0, 0.1) is 0 Å². The third-order valence-electron chi connectivity index (χ3n) is 0.481. The number of aliphatic hydroxyl groups is 1. The van der Waals surface area contributed by atoms with Crippen LogP contribution in [0.3, 0.4) is 0 Å². The van der Waals surface area contributed by atoms with E-state index in [-0.39, 0.29) is 5.75 Å². The second kappa shape index (κ2) is 4.17. The fourth-order valence-electron chi connectivity index (χ4n) is 0.214. The van der Waals surface area contributed by atoms with Crippen LogP contribution >= 0.6 is 12.0 Å². The van der Waals surface area contributed by atoms with Crippen molar-refractivity contribution in [2.24, 2.45) is 0 Å². The zero-order chi connectivity index (χ0) is 8.20. The Morgan fingerprint density at radius 2 is 2.20 bits per heavy atom. The molecule has 10 heavy (non-hydrogen) atoms. The lowest BCUT2D eigenvalue weighted by Crippen LogP contribution is -2.05. The zero-order valence-electron chi connectivity index (χ0n) is 5.77. The van der Waals surface area contributed by atoms with Crippen molar-refractivity contribution in [3.05, 3.63) is 0 Å². The van der Waals surface area contributed by atoms with Crippen LogP contribution in [0.2, 0.25) is 0 Å². The molecule has 0 spiro atoms. The van der Waals surface area contributed by atoms with Gasteiger partial charge in [0.1, 0.15) is 0 Å². The third-order valence-corrected chi connectivity index (χ3v) is 2.47. The first-order valence-electron chi connectivity index (χ1n) is 2.61. The Bertz CT molecular complexity index is 172. The van der Waals surface area contributed by atoms with E-state index in [1.54, 1.807) is 6.92 Å². The first-order chi connectivity index (χ1) is 4.42. The maximum atomic E-state index is 10.3. The molecule has 0 rings (SSSR count). The Morgan fingerprint density at radius 1 is 1.70 bits per heavy atom. The Kier molecular flexibility index (Phi) is 4.26. The van der Waals surface area contributed by atoms with Gasteiger partial charge in [-0.1, -0.05) is 0 Å². The predicted molar refractivity (Wildman–Crippen MR) is 40.1 cm³/mol. The van der Waals surface area contributed by atoms with E-state index in [9.17, 15) is 8.42 Å². The molecule has 1 unspecified atom stereocenters. The van der Waals surface area contributed by atoms with Crippen molar-refractivity contribution in [1.29, 1.82) is 0 Å². The van der Waals surface area contributed by atoms with Crippen LogP contribution in [0.15, 0.2) is 0 Å². The molecule has 0 aliphatic rings. The summed E-state index contributed by atoms with van der Waals surface area (Å²) in [6.07, 6.45) is 0.411. The smallest absolute Gasteiger partial charge is 0.275 e. The van der Waals surface area contributed by atoms with E-state index in [4.69, 9.17) is 5.11 Å². The maximum absolute atomic E-state index is 10.3. The summed E-state index contributed by atoms with van der Waals surface area (Å²) in [5, 5.41) is 8.65. The van der Waals surface area contributed by atoms with Gasteiger partial charge < -0.3 is 5.11 Å². The van der Waals surface area contributed by atoms with Gasteiger partial charge in [0.15, 0.2) is 0 Å². The number of hydrogen-bond donors (Lipinski definition) is 1. The Labute approximate surface area is 64.9 Å². The molecule has 0 aliphatic carbocycles. The van der Waals surface area contributed by atoms with Gasteiger partial charge in [-0.2, -0.15) is 12.0 Å². The molecular formula is C4H10O4S2. The van der Waals surface area contributed by atoms with Gasteiger partial charge in [-0.3, -0.25) is 0 Å². The van der Waals surface area contributed by atoms with E-state index < -0.39 is 16.2 Å². The zero-order valence-corrected chi connectivity index (χ0v) is 7.41. The standard InChI is InChI=1S/C4H10O4S2/c1-4(5)3-9-8-10(2,6)7/h4-5H,3H2,1-2H3. The van der Waals surface area contributed by atoms with Crippen molar-refractivity contribution < 1.29 is 17.2 Å². The summed E-state index contributed by atoms with van der Waals surface area (Å²) in [6, 6.07) is 0. The van der Waals surface area contributed by atoms with E-state index in [0.717, 1.165) is 18.3 Å². The molecule has 0 amide bonds. The van der Waals surface area contributed by atoms with Crippen molar-refractivity contribution in [1.82, 2.24) is 0 Å². The molecule has 0 aromatic carbocycles. The minimum atomic E-state index is -3.37. The van der Waals surface area contributed by atoms with Crippen LogP contribution in [0.25, 0.3) is 0 Å². The Hall–Kier alpha value is 0.220. The molecule has 4 nitrogen and oxygen atoms in total. The third kappa shape index (κ3) is 8.22. The van der Waals surface area contributed by atoms with Crippen LogP contribution in [-0.4, -0.2) is 31.6 Å². The molecule has 6 heteroatoms. The normalized spacial score (nSPS) is 15.1. The lowest BCUT2D eigenvalue weighted by molar-refractivity contribution is 0.219. The summed E-state index contributed by atoms with van der Waals surface area (Å²) < 4.78 is 24.8. The quantitative estimate of drug-likeness (QED) is 0.626. The molecular weight excluding hydrogens is 176 g/mol. The van der Waals surface area contributed by atoms with Gasteiger partial charge in [0, 0.05) is 17.8 Å². The molecule has 62 valence electrons. The highest BCUT2D eigenvalue weighted by atomic mass is 32.3. The van der Waals surface area contributed by atoms with Crippen LogP contribution in [0.5, 0.6) is 0 Å². The van der Waals surface area contributed by atoms with Crippen molar-refractivity contribution >= 4 is 22.2 Å². The van der Waals surface area contributed by atoms with Crippen LogP contribution in [-0.2, 0) is 13.7 Å². The van der Waals surface area contributed by atoms with E-state index in [1.807, 2.05) is 0 Å². The summed E-state index contributed by atoms with van der Waals surface area (Å²) >= 11 is 0.730. The molecule has 0 radical (unpaired) electrons. The average Bonchev–Trinajstić information content (AvgIpc) is 1.59.